The molecule has 0 aliphatic heterocycles. The molecule has 1 N–H and O–H groups in total. The average Bonchev–Trinajstić information content (AvgIpc) is 2.79. The summed E-state index contributed by atoms with van der Waals surface area (Å²) < 4.78 is 9.21. The van der Waals surface area contributed by atoms with Crippen molar-refractivity contribution in [1.82, 2.24) is 9.36 Å². The van der Waals surface area contributed by atoms with E-state index in [1.165, 1.54) is 22.7 Å². The molecule has 4 nitrogen and oxygen atoms in total. The highest BCUT2D eigenvalue weighted by Crippen LogP contribution is 2.34. The molecule has 0 unspecified atom stereocenters. The van der Waals surface area contributed by atoms with E-state index in [1.807, 2.05) is 0 Å². The van der Waals surface area contributed by atoms with Crippen LogP contribution in [0.15, 0.2) is 24.3 Å². The molecule has 1 aliphatic carbocycles. The number of nitrogens with one attached hydrogen (secondary N) is 1. The minimum absolute atomic E-state index is 0.477. The number of fused-ring (bicyclic) bond motifs is 1. The number of hydrogen-bond donors (Lipinski definition) is 1. The Hall–Kier alpha value is -1.46. The van der Waals surface area contributed by atoms with Crippen LogP contribution in [0.2, 0.25) is 0 Å². The van der Waals surface area contributed by atoms with Crippen molar-refractivity contribution in [2.75, 3.05) is 19.0 Å². The molecule has 0 amide bonds. The number of aromatic nitrogens is 2. The van der Waals surface area contributed by atoms with Gasteiger partial charge in [-0.2, -0.15) is 4.37 Å². The lowest BCUT2D eigenvalue weighted by atomic mass is 9.78. The van der Waals surface area contributed by atoms with Gasteiger partial charge >= 0.3 is 0 Å². The van der Waals surface area contributed by atoms with E-state index >= 15 is 0 Å². The molecule has 1 aromatic carbocycles. The van der Waals surface area contributed by atoms with Crippen molar-refractivity contribution in [2.45, 2.75) is 18.9 Å². The van der Waals surface area contributed by atoms with Gasteiger partial charge in [0.05, 0.1) is 0 Å². The van der Waals surface area contributed by atoms with Crippen LogP contribution in [-0.4, -0.2) is 23.0 Å². The zero-order valence-corrected chi connectivity index (χ0v) is 11.0. The van der Waals surface area contributed by atoms with Crippen LogP contribution in [0, 0.1) is 0 Å². The predicted molar refractivity (Wildman–Crippen MR) is 72.0 cm³/mol. The molecule has 3 rings (SSSR count). The molecule has 18 heavy (non-hydrogen) atoms. The molecule has 94 valence electrons. The largest absolute Gasteiger partial charge is 0.377 e. The molecule has 1 aliphatic rings. The first kappa shape index (κ1) is 11.6. The van der Waals surface area contributed by atoms with Gasteiger partial charge in [0.1, 0.15) is 6.61 Å². The van der Waals surface area contributed by atoms with Crippen LogP contribution in [0.4, 0.5) is 5.13 Å². The first-order valence-corrected chi connectivity index (χ1v) is 6.77. The summed E-state index contributed by atoms with van der Waals surface area (Å²) in [6.07, 6.45) is 1.16. The minimum Gasteiger partial charge on any atom is -0.377 e. The van der Waals surface area contributed by atoms with Gasteiger partial charge in [-0.25, -0.2) is 4.98 Å². The smallest absolute Gasteiger partial charge is 0.202 e. The Morgan fingerprint density at radius 1 is 1.44 bits per heavy atom. The molecule has 1 heterocycles. The summed E-state index contributed by atoms with van der Waals surface area (Å²) in [5.74, 6) is 1.36. The molecule has 0 saturated carbocycles. The van der Waals surface area contributed by atoms with E-state index in [0.29, 0.717) is 12.5 Å². The van der Waals surface area contributed by atoms with Gasteiger partial charge in [-0.3, -0.25) is 0 Å². The molecule has 1 atom stereocenters. The number of benzene rings is 1. The Bertz CT molecular complexity index is 541. The van der Waals surface area contributed by atoms with Crippen LogP contribution in [0.3, 0.4) is 0 Å². The second-order valence-corrected chi connectivity index (χ2v) is 5.18. The van der Waals surface area contributed by atoms with E-state index < -0.39 is 0 Å². The molecule has 0 radical (unpaired) electrons. The first-order valence-electron chi connectivity index (χ1n) is 6.00. The highest BCUT2D eigenvalue weighted by atomic mass is 32.1. The van der Waals surface area contributed by atoms with Crippen LogP contribution < -0.4 is 5.32 Å². The van der Waals surface area contributed by atoms with Gasteiger partial charge in [0.25, 0.3) is 0 Å². The zero-order chi connectivity index (χ0) is 12.4. The fourth-order valence-corrected chi connectivity index (χ4v) is 2.85. The van der Waals surface area contributed by atoms with Crippen molar-refractivity contribution in [3.05, 3.63) is 41.2 Å². The first-order chi connectivity index (χ1) is 8.86. The molecule has 0 bridgehead atoms. The Morgan fingerprint density at radius 2 is 2.33 bits per heavy atom. The third-order valence-corrected chi connectivity index (χ3v) is 3.91. The van der Waals surface area contributed by atoms with E-state index in [-0.39, 0.29) is 0 Å². The minimum atomic E-state index is 0.477. The summed E-state index contributed by atoms with van der Waals surface area (Å²) in [5.41, 5.74) is 2.94. The lowest BCUT2D eigenvalue weighted by Crippen LogP contribution is -2.24. The summed E-state index contributed by atoms with van der Waals surface area (Å²) in [6, 6.07) is 8.62. The Labute approximate surface area is 110 Å². The molecule has 5 heteroatoms. The molecule has 1 aromatic heterocycles. The summed E-state index contributed by atoms with van der Waals surface area (Å²) in [4.78, 5) is 4.36. The van der Waals surface area contributed by atoms with E-state index in [2.05, 4.69) is 38.9 Å². The maximum atomic E-state index is 5.00. The second kappa shape index (κ2) is 5.04. The second-order valence-electron chi connectivity index (χ2n) is 4.43. The van der Waals surface area contributed by atoms with Crippen LogP contribution >= 0.6 is 11.5 Å². The number of ether oxygens (including phenoxy) is 1. The van der Waals surface area contributed by atoms with Crippen molar-refractivity contribution in [1.29, 1.82) is 0 Å². The third kappa shape index (κ3) is 2.23. The van der Waals surface area contributed by atoms with Gasteiger partial charge in [-0.05, 0) is 17.5 Å². The Kier molecular flexibility index (Phi) is 3.25. The molecular formula is C13H15N3OS. The van der Waals surface area contributed by atoms with Gasteiger partial charge in [-0.1, -0.05) is 24.3 Å². The van der Waals surface area contributed by atoms with Gasteiger partial charge in [-0.15, -0.1) is 0 Å². The number of rotatable bonds is 5. The third-order valence-electron chi connectivity index (χ3n) is 3.20. The summed E-state index contributed by atoms with van der Waals surface area (Å²) in [5, 5.41) is 4.24. The fourth-order valence-electron chi connectivity index (χ4n) is 2.27. The highest BCUT2D eigenvalue weighted by Gasteiger charge is 2.25. The number of anilines is 1. The number of methoxy groups -OCH3 is 1. The molecule has 0 fully saturated rings. The molecule has 2 aromatic rings. The van der Waals surface area contributed by atoms with Crippen LogP contribution in [0.25, 0.3) is 0 Å². The fraction of sp³-hybridized carbons (Fsp3) is 0.385. The average molecular weight is 261 g/mol. The zero-order valence-electron chi connectivity index (χ0n) is 10.2. The SMILES string of the molecule is COCc1nsc(NC[C@@H]2Cc3ccccc32)n1. The molecule has 0 spiro atoms. The normalized spacial score (nSPS) is 17.1. The monoisotopic (exact) mass is 261 g/mol. The van der Waals surface area contributed by atoms with Gasteiger partial charge in [0, 0.05) is 31.1 Å². The summed E-state index contributed by atoms with van der Waals surface area (Å²) >= 11 is 1.40. The number of nitrogens with zero attached hydrogens (tertiary/aromatic N) is 2. The Balaban J connectivity index is 1.56. The van der Waals surface area contributed by atoms with E-state index in [4.69, 9.17) is 4.74 Å². The van der Waals surface area contributed by atoms with Crippen molar-refractivity contribution in [3.63, 3.8) is 0 Å². The predicted octanol–water partition coefficient (Wildman–Crippen LogP) is 2.44. The lowest BCUT2D eigenvalue weighted by Gasteiger charge is -2.29. The maximum Gasteiger partial charge on any atom is 0.202 e. The van der Waals surface area contributed by atoms with Gasteiger partial charge in [0.2, 0.25) is 5.13 Å². The highest BCUT2D eigenvalue weighted by molar-refractivity contribution is 7.09. The quantitative estimate of drug-likeness (QED) is 0.898. The van der Waals surface area contributed by atoms with E-state index in [1.54, 1.807) is 7.11 Å². The Morgan fingerprint density at radius 3 is 3.17 bits per heavy atom. The van der Waals surface area contributed by atoms with Crippen LogP contribution in [-0.2, 0) is 17.8 Å². The van der Waals surface area contributed by atoms with Gasteiger partial charge in [0.15, 0.2) is 5.82 Å². The van der Waals surface area contributed by atoms with Crippen molar-refractivity contribution < 1.29 is 4.74 Å². The standard InChI is InChI=1S/C13H15N3OS/c1-17-8-12-15-13(18-16-12)14-7-10-6-9-4-2-3-5-11(9)10/h2-5,10H,6-8H2,1H3,(H,14,15,16)/t10-/m0/s1. The topological polar surface area (TPSA) is 47.0 Å². The van der Waals surface area contributed by atoms with Crippen LogP contribution in [0.5, 0.6) is 0 Å². The molecule has 0 saturated heterocycles. The van der Waals surface area contributed by atoms with Crippen LogP contribution in [0.1, 0.15) is 22.9 Å². The van der Waals surface area contributed by atoms with Crippen molar-refractivity contribution in [2.24, 2.45) is 0 Å². The van der Waals surface area contributed by atoms with E-state index in [9.17, 15) is 0 Å². The molecular weight excluding hydrogens is 246 g/mol. The van der Waals surface area contributed by atoms with E-state index in [0.717, 1.165) is 23.9 Å². The van der Waals surface area contributed by atoms with Crippen molar-refractivity contribution >= 4 is 16.7 Å². The summed E-state index contributed by atoms with van der Waals surface area (Å²) in [6.45, 7) is 1.41. The summed E-state index contributed by atoms with van der Waals surface area (Å²) in [7, 11) is 1.65. The van der Waals surface area contributed by atoms with Crippen molar-refractivity contribution in [3.8, 4) is 0 Å². The number of hydrogen-bond acceptors (Lipinski definition) is 5. The maximum absolute atomic E-state index is 5.00. The van der Waals surface area contributed by atoms with Gasteiger partial charge < -0.3 is 10.1 Å². The lowest BCUT2D eigenvalue weighted by molar-refractivity contribution is 0.179.